The third kappa shape index (κ3) is 24.7. The molecule has 1 unspecified atom stereocenters. The minimum absolute atomic E-state index is 0.0802. The van der Waals surface area contributed by atoms with Crippen molar-refractivity contribution in [3.8, 4) is 17.2 Å². The number of benzene rings is 4. The molecule has 4 aromatic rings. The van der Waals surface area contributed by atoms with Crippen LogP contribution in [0.25, 0.3) is 4.85 Å². The van der Waals surface area contributed by atoms with Crippen LogP contribution in [-0.2, 0) is 35.0 Å². The minimum atomic E-state index is -0.533. The average Bonchev–Trinajstić information content (AvgIpc) is 3.31. The molecule has 0 aliphatic carbocycles. The Morgan fingerprint density at radius 2 is 0.971 bits per heavy atom. The van der Waals surface area contributed by atoms with Crippen LogP contribution in [-0.4, -0.2) is 65.1 Å². The number of hydrogen-bond acceptors (Lipinski definition) is 9. The summed E-state index contributed by atoms with van der Waals surface area (Å²) in [5.41, 5.74) is 5.83. The summed E-state index contributed by atoms with van der Waals surface area (Å²) >= 11 is 0. The molecule has 0 aliphatic heterocycles. The van der Waals surface area contributed by atoms with Crippen molar-refractivity contribution < 1.29 is 56.0 Å². The molecule has 0 aromatic heterocycles. The predicted octanol–water partition coefficient (Wildman–Crippen LogP) is 13.5. The Morgan fingerprint density at radius 3 is 1.44 bits per heavy atom. The van der Waals surface area contributed by atoms with Crippen LogP contribution in [0.1, 0.15) is 152 Å². The molecule has 0 amide bonds. The van der Waals surface area contributed by atoms with Crippen LogP contribution >= 0.6 is 0 Å². The molecule has 1 atom stereocenters. The van der Waals surface area contributed by atoms with Gasteiger partial charge in [-0.05, 0) is 120 Å². The highest BCUT2D eigenvalue weighted by molar-refractivity contribution is 5.71. The standard InChI is InChI=1S/C16H24O2.C14H19FO3.C13H16FNO.C12H15FO3/c1-13(2)15-10-7-9-14(12-15)8-5-4-6-11-16(17)18-3;1-10(2)11-6-7-12(15)13(9-11)18-8-4-5-14(16)17-3;1-9(2)11-5-6-12(14)13(7-11)16-10(3)8-15-4;1-8(2)9-4-5-10(13)11(6-9)16-7-12(14)15-3/h7,9-10,12-13H,4-6,8,11H2,1-3H3;6-7,9-10H,4-5,8H2,1-3H3;5-7,9-10H,8H2,1-3H3;4-6,8H,7H2,1-3H3. The van der Waals surface area contributed by atoms with Gasteiger partial charge in [0.15, 0.2) is 47.4 Å². The van der Waals surface area contributed by atoms with Crippen molar-refractivity contribution in [2.45, 2.75) is 137 Å². The summed E-state index contributed by atoms with van der Waals surface area (Å²) in [7, 11) is 4.04. The molecule has 0 fully saturated rings. The monoisotopic (exact) mass is 950 g/mol. The maximum Gasteiger partial charge on any atom is 0.343 e. The number of hydrogen-bond donors (Lipinski definition) is 0. The van der Waals surface area contributed by atoms with Gasteiger partial charge in [-0.15, -0.1) is 0 Å². The highest BCUT2D eigenvalue weighted by Crippen LogP contribution is 2.26. The highest BCUT2D eigenvalue weighted by atomic mass is 19.1. The molecule has 0 aliphatic rings. The van der Waals surface area contributed by atoms with Crippen molar-refractivity contribution >= 4 is 17.9 Å². The van der Waals surface area contributed by atoms with Gasteiger partial charge in [-0.2, -0.15) is 0 Å². The van der Waals surface area contributed by atoms with E-state index in [4.69, 9.17) is 20.8 Å². The number of halogens is 3. The van der Waals surface area contributed by atoms with Gasteiger partial charge < -0.3 is 33.3 Å². The van der Waals surface area contributed by atoms with E-state index in [-0.39, 0.29) is 72.4 Å². The fourth-order valence-corrected chi connectivity index (χ4v) is 6.01. The Labute approximate surface area is 403 Å². The molecule has 10 nitrogen and oxygen atoms in total. The Bertz CT molecular complexity index is 2150. The van der Waals surface area contributed by atoms with Gasteiger partial charge in [-0.25, -0.2) is 24.5 Å². The molecule has 13 heteroatoms. The molecule has 0 saturated carbocycles. The van der Waals surface area contributed by atoms with Gasteiger partial charge in [-0.3, -0.25) is 9.59 Å². The second-order valence-corrected chi connectivity index (χ2v) is 17.2. The summed E-state index contributed by atoms with van der Waals surface area (Å²) in [5.74, 6) is -0.0642. The van der Waals surface area contributed by atoms with Crippen molar-refractivity contribution in [2.24, 2.45) is 0 Å². The second-order valence-electron chi connectivity index (χ2n) is 17.2. The van der Waals surface area contributed by atoms with Crippen molar-refractivity contribution in [1.29, 1.82) is 0 Å². The summed E-state index contributed by atoms with van der Waals surface area (Å²) < 4.78 is 69.5. The number of carbonyl (C=O) groups excluding carboxylic acids is 3. The van der Waals surface area contributed by atoms with Crippen molar-refractivity contribution in [3.05, 3.63) is 136 Å². The Hall–Kier alpha value is -6.03. The lowest BCUT2D eigenvalue weighted by Gasteiger charge is -2.13. The molecule has 0 spiro atoms. The average molecular weight is 950 g/mol. The van der Waals surface area contributed by atoms with Crippen molar-refractivity contribution in [3.63, 3.8) is 0 Å². The number of methoxy groups -OCH3 is 3. The predicted molar refractivity (Wildman–Crippen MR) is 262 cm³/mol. The summed E-state index contributed by atoms with van der Waals surface area (Å²) in [4.78, 5) is 35.9. The third-order valence-corrected chi connectivity index (χ3v) is 10.3. The van der Waals surface area contributed by atoms with E-state index in [0.717, 1.165) is 42.4 Å². The second kappa shape index (κ2) is 33.4. The maximum atomic E-state index is 13.5. The fraction of sp³-hybridized carbons (Fsp3) is 0.491. The van der Waals surface area contributed by atoms with Gasteiger partial charge in [-0.1, -0.05) is 104 Å². The van der Waals surface area contributed by atoms with Crippen LogP contribution in [0.5, 0.6) is 17.2 Å². The molecule has 0 saturated heterocycles. The van der Waals surface area contributed by atoms with Crippen molar-refractivity contribution in [1.82, 2.24) is 0 Å². The molecular formula is C55H74F3NO9. The van der Waals surface area contributed by atoms with Crippen LogP contribution < -0.4 is 14.2 Å². The van der Waals surface area contributed by atoms with E-state index in [1.165, 1.54) is 50.7 Å². The van der Waals surface area contributed by atoms with E-state index in [1.54, 1.807) is 43.3 Å². The van der Waals surface area contributed by atoms with Gasteiger partial charge in [0, 0.05) is 12.8 Å². The number of esters is 3. The number of aryl methyl sites for hydroxylation is 1. The van der Waals surface area contributed by atoms with Crippen LogP contribution in [0, 0.1) is 24.0 Å². The number of rotatable bonds is 21. The van der Waals surface area contributed by atoms with Gasteiger partial charge in [0.25, 0.3) is 6.54 Å². The van der Waals surface area contributed by atoms with Crippen LogP contribution in [0.2, 0.25) is 0 Å². The van der Waals surface area contributed by atoms with Gasteiger partial charge in [0.2, 0.25) is 0 Å². The molecule has 68 heavy (non-hydrogen) atoms. The summed E-state index contributed by atoms with van der Waals surface area (Å²) in [6.07, 6.45) is 5.30. The fourth-order valence-electron chi connectivity index (χ4n) is 6.01. The van der Waals surface area contributed by atoms with Crippen molar-refractivity contribution in [2.75, 3.05) is 41.1 Å². The molecule has 4 aromatic carbocycles. The van der Waals surface area contributed by atoms with E-state index >= 15 is 0 Å². The Morgan fingerprint density at radius 1 is 0.529 bits per heavy atom. The normalized spacial score (nSPS) is 10.9. The zero-order valence-electron chi connectivity index (χ0n) is 42.2. The number of ether oxygens (including phenoxy) is 6. The van der Waals surface area contributed by atoms with Crippen LogP contribution in [0.15, 0.2) is 78.9 Å². The molecule has 0 bridgehead atoms. The maximum absolute atomic E-state index is 13.5. The summed E-state index contributed by atoms with van der Waals surface area (Å²) in [6, 6.07) is 23.2. The first-order valence-corrected chi connectivity index (χ1v) is 23.2. The molecule has 0 heterocycles. The molecule has 0 N–H and O–H groups in total. The van der Waals surface area contributed by atoms with Gasteiger partial charge in [0.1, 0.15) is 0 Å². The molecule has 374 valence electrons. The highest BCUT2D eigenvalue weighted by Gasteiger charge is 2.13. The summed E-state index contributed by atoms with van der Waals surface area (Å²) in [5, 5.41) is 0. The first kappa shape index (κ1) is 60.0. The van der Waals surface area contributed by atoms with Gasteiger partial charge in [0.05, 0.1) is 27.9 Å². The van der Waals surface area contributed by atoms with E-state index in [2.05, 4.69) is 57.2 Å². The van der Waals surface area contributed by atoms with Crippen LogP contribution in [0.3, 0.4) is 0 Å². The lowest BCUT2D eigenvalue weighted by molar-refractivity contribution is -0.143. The smallest absolute Gasteiger partial charge is 0.343 e. The summed E-state index contributed by atoms with van der Waals surface area (Å²) in [6.45, 7) is 25.3. The molecule has 4 rings (SSSR count). The third-order valence-electron chi connectivity index (χ3n) is 10.3. The number of unbranched alkanes of at least 4 members (excludes halogenated alkanes) is 2. The lowest BCUT2D eigenvalue weighted by Crippen LogP contribution is -2.15. The first-order chi connectivity index (χ1) is 32.3. The van der Waals surface area contributed by atoms with E-state index in [9.17, 15) is 27.6 Å². The Balaban J connectivity index is 0.000000454. The van der Waals surface area contributed by atoms with E-state index in [0.29, 0.717) is 37.2 Å². The SMILES string of the molecule is COC(=O)CCCCCc1cccc(C(C)C)c1.COC(=O)CCCOc1cc(C(C)C)ccc1F.COC(=O)COc1cc(C(C)C)ccc1F.[C-]#[N+]CC(C)Oc1cc(C(C)C)ccc1F. The Kier molecular flexibility index (Phi) is 29.5. The lowest BCUT2D eigenvalue weighted by atomic mass is 9.98. The van der Waals surface area contributed by atoms with Gasteiger partial charge >= 0.3 is 17.9 Å². The largest absolute Gasteiger partial charge is 0.490 e. The molecular weight excluding hydrogens is 876 g/mol. The number of nitrogens with zero attached hydrogens (tertiary/aromatic N) is 1. The van der Waals surface area contributed by atoms with E-state index < -0.39 is 11.8 Å². The number of carbonyl (C=O) groups is 3. The van der Waals surface area contributed by atoms with E-state index in [1.807, 2.05) is 41.5 Å². The zero-order chi connectivity index (χ0) is 51.2. The topological polar surface area (TPSA) is 111 Å². The quantitative estimate of drug-likeness (QED) is 0.0349. The zero-order valence-corrected chi connectivity index (χ0v) is 42.2. The first-order valence-electron chi connectivity index (χ1n) is 23.2. The van der Waals surface area contributed by atoms with Crippen LogP contribution in [0.4, 0.5) is 13.2 Å². The molecule has 0 radical (unpaired) electrons. The minimum Gasteiger partial charge on any atom is -0.490 e.